The van der Waals surface area contributed by atoms with Crippen molar-refractivity contribution in [3.63, 3.8) is 0 Å². The molecular formula is C20H29N3O. The maximum absolute atomic E-state index is 6.08. The van der Waals surface area contributed by atoms with Crippen LogP contribution < -0.4 is 5.32 Å². The van der Waals surface area contributed by atoms with Gasteiger partial charge in [0.1, 0.15) is 0 Å². The van der Waals surface area contributed by atoms with Crippen molar-refractivity contribution >= 4 is 10.9 Å². The number of nitrogens with one attached hydrogen (secondary N) is 1. The van der Waals surface area contributed by atoms with Crippen LogP contribution in [-0.4, -0.2) is 48.7 Å². The summed E-state index contributed by atoms with van der Waals surface area (Å²) in [5.74, 6) is 0. The number of hydrogen-bond acceptors (Lipinski definition) is 4. The number of nitrogens with zero attached hydrogens (tertiary/aromatic N) is 2. The van der Waals surface area contributed by atoms with Crippen molar-refractivity contribution in [2.45, 2.75) is 39.3 Å². The molecule has 2 aromatic rings. The fourth-order valence-corrected chi connectivity index (χ4v) is 3.29. The molecule has 2 heterocycles. The van der Waals surface area contributed by atoms with Crippen LogP contribution in [0.1, 0.15) is 38.0 Å². The van der Waals surface area contributed by atoms with Crippen molar-refractivity contribution in [2.24, 2.45) is 0 Å². The van der Waals surface area contributed by atoms with Gasteiger partial charge in [0.05, 0.1) is 18.2 Å². The minimum Gasteiger partial charge on any atom is -0.371 e. The molecule has 0 bridgehead atoms. The molecule has 0 spiro atoms. The van der Waals surface area contributed by atoms with E-state index < -0.39 is 0 Å². The lowest BCUT2D eigenvalue weighted by atomic mass is 10.0. The smallest absolute Gasteiger partial charge is 0.0973 e. The molecule has 0 amide bonds. The Hall–Kier alpha value is -1.49. The standard InChI is InChI=1S/C20H29N3O/c1-4-16-12-17-6-5-7-18(20(17)22-13-16)19-14-23(10-11-24-19)9-8-21-15(2)3/h5-7,12-13,15,19,21H,4,8-11,14H2,1-3H3. The molecule has 1 aliphatic heterocycles. The Labute approximate surface area is 145 Å². The number of aryl methyl sites for hydroxylation is 1. The molecule has 1 N–H and O–H groups in total. The fourth-order valence-electron chi connectivity index (χ4n) is 3.29. The highest BCUT2D eigenvalue weighted by Gasteiger charge is 2.23. The summed E-state index contributed by atoms with van der Waals surface area (Å²) in [6.07, 6.45) is 3.13. The first-order chi connectivity index (χ1) is 11.7. The van der Waals surface area contributed by atoms with Crippen molar-refractivity contribution in [1.82, 2.24) is 15.2 Å². The summed E-state index contributed by atoms with van der Waals surface area (Å²) in [4.78, 5) is 7.22. The van der Waals surface area contributed by atoms with Gasteiger partial charge in [0.2, 0.25) is 0 Å². The van der Waals surface area contributed by atoms with E-state index in [1.807, 2.05) is 6.20 Å². The highest BCUT2D eigenvalue weighted by Crippen LogP contribution is 2.28. The Morgan fingerprint density at radius 3 is 3.04 bits per heavy atom. The second kappa shape index (κ2) is 8.06. The average Bonchev–Trinajstić information content (AvgIpc) is 2.60. The fraction of sp³-hybridized carbons (Fsp3) is 0.550. The van der Waals surface area contributed by atoms with Crippen molar-refractivity contribution in [3.8, 4) is 0 Å². The van der Waals surface area contributed by atoms with E-state index in [0.29, 0.717) is 6.04 Å². The molecule has 3 rings (SSSR count). The lowest BCUT2D eigenvalue weighted by molar-refractivity contribution is -0.0289. The van der Waals surface area contributed by atoms with Gasteiger partial charge in [0.25, 0.3) is 0 Å². The summed E-state index contributed by atoms with van der Waals surface area (Å²) < 4.78 is 6.08. The first kappa shape index (κ1) is 17.3. The van der Waals surface area contributed by atoms with Gasteiger partial charge in [0, 0.05) is 49.4 Å². The van der Waals surface area contributed by atoms with Gasteiger partial charge in [0.15, 0.2) is 0 Å². The zero-order valence-corrected chi connectivity index (χ0v) is 15.1. The molecule has 1 unspecified atom stereocenters. The van der Waals surface area contributed by atoms with Crippen LogP contribution in [0.4, 0.5) is 0 Å². The third-order valence-electron chi connectivity index (χ3n) is 4.69. The zero-order chi connectivity index (χ0) is 16.9. The van der Waals surface area contributed by atoms with Gasteiger partial charge in [-0.1, -0.05) is 39.0 Å². The van der Waals surface area contributed by atoms with Gasteiger partial charge >= 0.3 is 0 Å². The third kappa shape index (κ3) is 4.12. The van der Waals surface area contributed by atoms with Gasteiger partial charge in [-0.3, -0.25) is 9.88 Å². The second-order valence-corrected chi connectivity index (χ2v) is 6.88. The minimum absolute atomic E-state index is 0.112. The molecule has 130 valence electrons. The Kier molecular flexibility index (Phi) is 5.82. The SMILES string of the molecule is CCc1cnc2c(C3CN(CCNC(C)C)CCO3)cccc2c1. The van der Waals surface area contributed by atoms with Crippen LogP contribution in [-0.2, 0) is 11.2 Å². The van der Waals surface area contributed by atoms with E-state index in [1.165, 1.54) is 16.5 Å². The largest absolute Gasteiger partial charge is 0.371 e. The summed E-state index contributed by atoms with van der Waals surface area (Å²) in [6.45, 7) is 11.4. The van der Waals surface area contributed by atoms with Crippen LogP contribution in [0.25, 0.3) is 10.9 Å². The molecule has 0 saturated carbocycles. The van der Waals surface area contributed by atoms with Gasteiger partial charge in [-0.2, -0.15) is 0 Å². The molecule has 1 saturated heterocycles. The van der Waals surface area contributed by atoms with Gasteiger partial charge in [-0.15, -0.1) is 0 Å². The number of fused-ring (bicyclic) bond motifs is 1. The number of para-hydroxylation sites is 1. The molecule has 0 aliphatic carbocycles. The number of benzene rings is 1. The van der Waals surface area contributed by atoms with Crippen LogP contribution in [0.5, 0.6) is 0 Å². The number of rotatable bonds is 6. The van der Waals surface area contributed by atoms with E-state index in [4.69, 9.17) is 9.72 Å². The van der Waals surface area contributed by atoms with E-state index in [0.717, 1.165) is 44.7 Å². The molecule has 4 nitrogen and oxygen atoms in total. The van der Waals surface area contributed by atoms with E-state index >= 15 is 0 Å². The predicted octanol–water partition coefficient (Wildman–Crippen LogP) is 3.17. The maximum Gasteiger partial charge on any atom is 0.0973 e. The maximum atomic E-state index is 6.08. The first-order valence-electron chi connectivity index (χ1n) is 9.12. The van der Waals surface area contributed by atoms with Gasteiger partial charge in [-0.25, -0.2) is 0 Å². The van der Waals surface area contributed by atoms with E-state index in [9.17, 15) is 0 Å². The van der Waals surface area contributed by atoms with Crippen LogP contribution in [0, 0.1) is 0 Å². The number of hydrogen-bond donors (Lipinski definition) is 1. The highest BCUT2D eigenvalue weighted by molar-refractivity contribution is 5.82. The Balaban J connectivity index is 1.74. The lowest BCUT2D eigenvalue weighted by Gasteiger charge is -2.33. The molecule has 1 aromatic heterocycles. The second-order valence-electron chi connectivity index (χ2n) is 6.88. The normalized spacial score (nSPS) is 19.2. The summed E-state index contributed by atoms with van der Waals surface area (Å²) in [6, 6.07) is 9.23. The zero-order valence-electron chi connectivity index (χ0n) is 15.1. The summed E-state index contributed by atoms with van der Waals surface area (Å²) in [5.41, 5.74) is 3.59. The van der Waals surface area contributed by atoms with E-state index in [-0.39, 0.29) is 6.10 Å². The van der Waals surface area contributed by atoms with Crippen molar-refractivity contribution in [2.75, 3.05) is 32.8 Å². The van der Waals surface area contributed by atoms with E-state index in [2.05, 4.69) is 55.3 Å². The Morgan fingerprint density at radius 1 is 1.38 bits per heavy atom. The van der Waals surface area contributed by atoms with Crippen molar-refractivity contribution in [3.05, 3.63) is 41.6 Å². The number of pyridine rings is 1. The molecule has 1 aromatic carbocycles. The summed E-state index contributed by atoms with van der Waals surface area (Å²) in [5, 5.41) is 4.71. The molecule has 1 atom stereocenters. The summed E-state index contributed by atoms with van der Waals surface area (Å²) in [7, 11) is 0. The predicted molar refractivity (Wildman–Crippen MR) is 99.4 cm³/mol. The van der Waals surface area contributed by atoms with Crippen LogP contribution >= 0.6 is 0 Å². The molecule has 4 heteroatoms. The quantitative estimate of drug-likeness (QED) is 0.884. The highest BCUT2D eigenvalue weighted by atomic mass is 16.5. The molecule has 1 aliphatic rings. The number of aromatic nitrogens is 1. The molecule has 0 radical (unpaired) electrons. The first-order valence-corrected chi connectivity index (χ1v) is 9.12. The number of morpholine rings is 1. The molecule has 1 fully saturated rings. The van der Waals surface area contributed by atoms with Crippen LogP contribution in [0.15, 0.2) is 30.5 Å². The summed E-state index contributed by atoms with van der Waals surface area (Å²) >= 11 is 0. The van der Waals surface area contributed by atoms with Gasteiger partial charge in [-0.05, 0) is 18.1 Å². The molecule has 24 heavy (non-hydrogen) atoms. The lowest BCUT2D eigenvalue weighted by Crippen LogP contribution is -2.42. The Morgan fingerprint density at radius 2 is 2.25 bits per heavy atom. The van der Waals surface area contributed by atoms with Crippen molar-refractivity contribution < 1.29 is 4.74 Å². The monoisotopic (exact) mass is 327 g/mol. The Bertz CT molecular complexity index is 671. The van der Waals surface area contributed by atoms with E-state index in [1.54, 1.807) is 0 Å². The topological polar surface area (TPSA) is 37.4 Å². The van der Waals surface area contributed by atoms with Gasteiger partial charge < -0.3 is 10.1 Å². The molecular weight excluding hydrogens is 298 g/mol. The van der Waals surface area contributed by atoms with Crippen LogP contribution in [0.2, 0.25) is 0 Å². The van der Waals surface area contributed by atoms with Crippen LogP contribution in [0.3, 0.4) is 0 Å². The minimum atomic E-state index is 0.112. The van der Waals surface area contributed by atoms with Crippen molar-refractivity contribution in [1.29, 1.82) is 0 Å². The number of ether oxygens (including phenoxy) is 1. The average molecular weight is 327 g/mol. The third-order valence-corrected chi connectivity index (χ3v) is 4.69.